The van der Waals surface area contributed by atoms with Gasteiger partial charge >= 0.3 is 0 Å². The molecule has 0 amide bonds. The molecule has 0 aliphatic carbocycles. The van der Waals surface area contributed by atoms with E-state index in [9.17, 15) is 0 Å². The highest BCUT2D eigenvalue weighted by atomic mass is 79.9. The SMILES string of the molecule is NC(=NCc1cccc(Br)c1)N1CCCCCC1. The first kappa shape index (κ1) is 13.4. The van der Waals surface area contributed by atoms with Crippen molar-refractivity contribution in [3.05, 3.63) is 34.3 Å². The number of benzene rings is 1. The number of aliphatic imine (C=N–C) groups is 1. The minimum absolute atomic E-state index is 0.655. The van der Waals surface area contributed by atoms with Crippen LogP contribution in [0.4, 0.5) is 0 Å². The topological polar surface area (TPSA) is 41.6 Å². The monoisotopic (exact) mass is 309 g/mol. The summed E-state index contributed by atoms with van der Waals surface area (Å²) in [6, 6.07) is 8.20. The number of halogens is 1. The summed E-state index contributed by atoms with van der Waals surface area (Å²) in [5.74, 6) is 0.692. The smallest absolute Gasteiger partial charge is 0.191 e. The van der Waals surface area contributed by atoms with Crippen LogP contribution in [0.2, 0.25) is 0 Å². The molecule has 3 nitrogen and oxygen atoms in total. The van der Waals surface area contributed by atoms with Gasteiger partial charge in [-0.3, -0.25) is 0 Å². The number of nitrogens with two attached hydrogens (primary N) is 1. The molecule has 1 aliphatic rings. The highest BCUT2D eigenvalue weighted by Crippen LogP contribution is 2.13. The van der Waals surface area contributed by atoms with Gasteiger partial charge in [-0.2, -0.15) is 0 Å². The minimum atomic E-state index is 0.655. The van der Waals surface area contributed by atoms with E-state index in [0.717, 1.165) is 17.6 Å². The molecule has 1 fully saturated rings. The van der Waals surface area contributed by atoms with Crippen LogP contribution in [-0.2, 0) is 6.54 Å². The van der Waals surface area contributed by atoms with Crippen LogP contribution < -0.4 is 5.73 Å². The average Bonchev–Trinajstić information content (AvgIpc) is 2.65. The van der Waals surface area contributed by atoms with E-state index >= 15 is 0 Å². The summed E-state index contributed by atoms with van der Waals surface area (Å²) in [5.41, 5.74) is 7.25. The van der Waals surface area contributed by atoms with Crippen LogP contribution in [0.15, 0.2) is 33.7 Å². The van der Waals surface area contributed by atoms with E-state index in [4.69, 9.17) is 5.73 Å². The molecule has 18 heavy (non-hydrogen) atoms. The lowest BCUT2D eigenvalue weighted by Gasteiger charge is -2.21. The molecule has 98 valence electrons. The maximum Gasteiger partial charge on any atom is 0.191 e. The molecule has 0 aromatic heterocycles. The molecule has 2 N–H and O–H groups in total. The first-order valence-corrected chi connectivity index (χ1v) is 7.34. The second kappa shape index (κ2) is 6.78. The third-order valence-corrected chi connectivity index (χ3v) is 3.74. The summed E-state index contributed by atoms with van der Waals surface area (Å²) in [5, 5.41) is 0. The fourth-order valence-corrected chi connectivity index (χ4v) is 2.65. The number of nitrogens with zero attached hydrogens (tertiary/aromatic N) is 2. The van der Waals surface area contributed by atoms with Gasteiger partial charge in [0.25, 0.3) is 0 Å². The Morgan fingerprint density at radius 2 is 1.94 bits per heavy atom. The van der Waals surface area contributed by atoms with E-state index in [-0.39, 0.29) is 0 Å². The van der Waals surface area contributed by atoms with Crippen LogP contribution in [0.25, 0.3) is 0 Å². The summed E-state index contributed by atoms with van der Waals surface area (Å²) < 4.78 is 1.09. The van der Waals surface area contributed by atoms with Crippen molar-refractivity contribution < 1.29 is 0 Å². The summed E-state index contributed by atoms with van der Waals surface area (Å²) >= 11 is 3.47. The fraction of sp³-hybridized carbons (Fsp3) is 0.500. The number of hydrogen-bond acceptors (Lipinski definition) is 1. The van der Waals surface area contributed by atoms with Crippen molar-refractivity contribution in [1.82, 2.24) is 4.90 Å². The third-order valence-electron chi connectivity index (χ3n) is 3.24. The zero-order valence-corrected chi connectivity index (χ0v) is 12.2. The normalized spacial score (nSPS) is 17.6. The van der Waals surface area contributed by atoms with E-state index in [1.807, 2.05) is 12.1 Å². The predicted octanol–water partition coefficient (Wildman–Crippen LogP) is 3.14. The molecule has 1 heterocycles. The molecule has 0 atom stereocenters. The second-order valence-corrected chi connectivity index (χ2v) is 5.62. The molecule has 4 heteroatoms. The van der Waals surface area contributed by atoms with E-state index in [2.05, 4.69) is 38.0 Å². The minimum Gasteiger partial charge on any atom is -0.370 e. The maximum absolute atomic E-state index is 6.07. The van der Waals surface area contributed by atoms with Gasteiger partial charge in [0.1, 0.15) is 0 Å². The average molecular weight is 310 g/mol. The quantitative estimate of drug-likeness (QED) is 0.673. The molecule has 1 aromatic rings. The van der Waals surface area contributed by atoms with Gasteiger partial charge in [-0.15, -0.1) is 0 Å². The van der Waals surface area contributed by atoms with E-state index in [1.165, 1.54) is 31.2 Å². The molecule has 1 saturated heterocycles. The van der Waals surface area contributed by atoms with Gasteiger partial charge in [-0.1, -0.05) is 40.9 Å². The molecule has 1 aliphatic heterocycles. The van der Waals surface area contributed by atoms with Crippen LogP contribution in [0.5, 0.6) is 0 Å². The Kier molecular flexibility index (Phi) is 5.05. The number of guanidine groups is 1. The van der Waals surface area contributed by atoms with Gasteiger partial charge in [0.15, 0.2) is 5.96 Å². The molecule has 2 rings (SSSR count). The summed E-state index contributed by atoms with van der Waals surface area (Å²) in [4.78, 5) is 6.71. The van der Waals surface area contributed by atoms with Crippen LogP contribution in [-0.4, -0.2) is 23.9 Å². The molecule has 0 unspecified atom stereocenters. The Balaban J connectivity index is 1.95. The van der Waals surface area contributed by atoms with Gasteiger partial charge in [0.2, 0.25) is 0 Å². The first-order valence-electron chi connectivity index (χ1n) is 6.55. The largest absolute Gasteiger partial charge is 0.370 e. The van der Waals surface area contributed by atoms with Crippen molar-refractivity contribution in [3.63, 3.8) is 0 Å². The van der Waals surface area contributed by atoms with Crippen molar-refractivity contribution in [1.29, 1.82) is 0 Å². The van der Waals surface area contributed by atoms with Crippen LogP contribution in [0.3, 0.4) is 0 Å². The molecular formula is C14H20BrN3. The van der Waals surface area contributed by atoms with Gasteiger partial charge < -0.3 is 10.6 Å². The van der Waals surface area contributed by atoms with Gasteiger partial charge in [0, 0.05) is 17.6 Å². The molecule has 1 aromatic carbocycles. The zero-order chi connectivity index (χ0) is 12.8. The maximum atomic E-state index is 6.07. The molecule has 0 bridgehead atoms. The Morgan fingerprint density at radius 1 is 1.22 bits per heavy atom. The van der Waals surface area contributed by atoms with E-state index in [0.29, 0.717) is 12.5 Å². The van der Waals surface area contributed by atoms with Gasteiger partial charge in [0.05, 0.1) is 6.54 Å². The highest BCUT2D eigenvalue weighted by Gasteiger charge is 2.10. The fourth-order valence-electron chi connectivity index (χ4n) is 2.21. The Hall–Kier alpha value is -1.03. The summed E-state index contributed by atoms with van der Waals surface area (Å²) in [6.45, 7) is 2.75. The lowest BCUT2D eigenvalue weighted by Crippen LogP contribution is -2.38. The van der Waals surface area contributed by atoms with E-state index < -0.39 is 0 Å². The third kappa shape index (κ3) is 4.02. The summed E-state index contributed by atoms with van der Waals surface area (Å²) in [7, 11) is 0. The first-order chi connectivity index (χ1) is 8.75. The molecule has 0 spiro atoms. The highest BCUT2D eigenvalue weighted by molar-refractivity contribution is 9.10. The number of hydrogen-bond donors (Lipinski definition) is 1. The Labute approximate surface area is 117 Å². The Morgan fingerprint density at radius 3 is 2.61 bits per heavy atom. The van der Waals surface area contributed by atoms with E-state index in [1.54, 1.807) is 0 Å². The Bertz CT molecular complexity index is 409. The predicted molar refractivity (Wildman–Crippen MR) is 79.5 cm³/mol. The van der Waals surface area contributed by atoms with Crippen LogP contribution in [0.1, 0.15) is 31.2 Å². The number of likely N-dealkylation sites (tertiary alicyclic amines) is 1. The van der Waals surface area contributed by atoms with Crippen molar-refractivity contribution in [2.75, 3.05) is 13.1 Å². The molecular weight excluding hydrogens is 290 g/mol. The number of rotatable bonds is 2. The van der Waals surface area contributed by atoms with Gasteiger partial charge in [-0.05, 0) is 30.5 Å². The van der Waals surface area contributed by atoms with Gasteiger partial charge in [-0.25, -0.2) is 4.99 Å². The molecule has 0 saturated carbocycles. The van der Waals surface area contributed by atoms with Crippen molar-refractivity contribution in [2.45, 2.75) is 32.2 Å². The lowest BCUT2D eigenvalue weighted by molar-refractivity contribution is 0.428. The summed E-state index contributed by atoms with van der Waals surface area (Å²) in [6.07, 6.45) is 5.09. The van der Waals surface area contributed by atoms with Crippen molar-refractivity contribution in [3.8, 4) is 0 Å². The zero-order valence-electron chi connectivity index (χ0n) is 10.6. The van der Waals surface area contributed by atoms with Crippen molar-refractivity contribution >= 4 is 21.9 Å². The van der Waals surface area contributed by atoms with Crippen LogP contribution in [0, 0.1) is 0 Å². The molecule has 0 radical (unpaired) electrons. The standard InChI is InChI=1S/C14H20BrN3/c15-13-7-5-6-12(10-13)11-17-14(16)18-8-3-1-2-4-9-18/h5-7,10H,1-4,8-9,11H2,(H2,16,17). The van der Waals surface area contributed by atoms with Crippen LogP contribution >= 0.6 is 15.9 Å². The lowest BCUT2D eigenvalue weighted by atomic mass is 10.2. The van der Waals surface area contributed by atoms with Crippen molar-refractivity contribution in [2.24, 2.45) is 10.7 Å². The second-order valence-electron chi connectivity index (χ2n) is 4.71.